The molecule has 1 aromatic rings. The highest BCUT2D eigenvalue weighted by atomic mass is 35.5. The molecule has 0 saturated carbocycles. The van der Waals surface area contributed by atoms with Gasteiger partial charge < -0.3 is 14.8 Å². The van der Waals surface area contributed by atoms with Crippen molar-refractivity contribution in [3.05, 3.63) is 23.7 Å². The third-order valence-electron chi connectivity index (χ3n) is 3.59. The van der Waals surface area contributed by atoms with Gasteiger partial charge in [0.25, 0.3) is 0 Å². The van der Waals surface area contributed by atoms with Gasteiger partial charge in [-0.2, -0.15) is 0 Å². The third-order valence-corrected chi connectivity index (χ3v) is 3.59. The summed E-state index contributed by atoms with van der Waals surface area (Å²) in [6, 6.07) is 4.28. The molecule has 0 unspecified atom stereocenters. The Morgan fingerprint density at radius 1 is 1.30 bits per heavy atom. The maximum atomic E-state index is 9.10. The average Bonchev–Trinajstić information content (AvgIpc) is 2.89. The van der Waals surface area contributed by atoms with Gasteiger partial charge in [0.05, 0.1) is 6.04 Å². The Balaban J connectivity index is 0.00000180. The number of hydrogen-bond acceptors (Lipinski definition) is 4. The predicted molar refractivity (Wildman–Crippen MR) is 85.8 cm³/mol. The zero-order valence-corrected chi connectivity index (χ0v) is 13.6. The largest absolute Gasteiger partial charge is 0.462 e. The van der Waals surface area contributed by atoms with Crippen LogP contribution in [0.2, 0.25) is 0 Å². The molecule has 1 atom stereocenters. The monoisotopic (exact) mass is 324 g/mol. The van der Waals surface area contributed by atoms with E-state index < -0.39 is 0 Å². The Hall–Kier alpha value is -0.260. The molecule has 20 heavy (non-hydrogen) atoms. The second-order valence-electron chi connectivity index (χ2n) is 4.91. The van der Waals surface area contributed by atoms with Gasteiger partial charge >= 0.3 is 0 Å². The first-order chi connectivity index (χ1) is 8.85. The number of nitrogens with zero attached hydrogens (tertiary/aromatic N) is 1. The fraction of sp³-hybridized carbons (Fsp3) is 0.714. The van der Waals surface area contributed by atoms with Gasteiger partial charge in [0, 0.05) is 26.2 Å². The second kappa shape index (κ2) is 10.5. The topological polar surface area (TPSA) is 48.6 Å². The Bertz CT molecular complexity index is 355. The number of aliphatic hydroxyl groups is 1. The first kappa shape index (κ1) is 19.7. The molecule has 1 aliphatic heterocycles. The number of hydrogen-bond donors (Lipinski definition) is 2. The molecule has 0 bridgehead atoms. The van der Waals surface area contributed by atoms with E-state index in [4.69, 9.17) is 9.52 Å². The Morgan fingerprint density at radius 2 is 2.00 bits per heavy atom. The lowest BCUT2D eigenvalue weighted by Crippen LogP contribution is -2.45. The summed E-state index contributed by atoms with van der Waals surface area (Å²) in [6.07, 6.45) is 3.55. The van der Waals surface area contributed by atoms with Gasteiger partial charge in [-0.25, -0.2) is 0 Å². The number of aliphatic hydroxyl groups excluding tert-OH is 1. The highest BCUT2D eigenvalue weighted by molar-refractivity contribution is 5.85. The van der Waals surface area contributed by atoms with E-state index in [1.54, 1.807) is 0 Å². The maximum Gasteiger partial charge on any atom is 0.129 e. The lowest BCUT2D eigenvalue weighted by Gasteiger charge is -2.33. The number of rotatable bonds is 6. The van der Waals surface area contributed by atoms with Crippen LogP contribution in [0.15, 0.2) is 16.5 Å². The summed E-state index contributed by atoms with van der Waals surface area (Å²) in [5, 5.41) is 12.5. The van der Waals surface area contributed by atoms with Crippen molar-refractivity contribution in [1.82, 2.24) is 10.2 Å². The first-order valence-corrected chi connectivity index (χ1v) is 6.99. The SMILES string of the molecule is CCCC[C@@H](c1ccc(CO)o1)N1CCNCC1.Cl.Cl. The van der Waals surface area contributed by atoms with Gasteiger partial charge in [-0.15, -0.1) is 24.8 Å². The summed E-state index contributed by atoms with van der Waals surface area (Å²) in [6.45, 7) is 6.46. The molecule has 1 saturated heterocycles. The normalized spacial score (nSPS) is 17.1. The van der Waals surface area contributed by atoms with Crippen LogP contribution in [0, 0.1) is 0 Å². The van der Waals surface area contributed by atoms with Crippen LogP contribution in [0.4, 0.5) is 0 Å². The van der Waals surface area contributed by atoms with E-state index in [0.29, 0.717) is 11.8 Å². The van der Waals surface area contributed by atoms with Crippen LogP contribution >= 0.6 is 24.8 Å². The number of furan rings is 1. The molecule has 1 aromatic heterocycles. The molecule has 2 N–H and O–H groups in total. The summed E-state index contributed by atoms with van der Waals surface area (Å²) < 4.78 is 5.73. The number of piperazine rings is 1. The van der Waals surface area contributed by atoms with E-state index in [9.17, 15) is 0 Å². The summed E-state index contributed by atoms with van der Waals surface area (Å²) in [7, 11) is 0. The lowest BCUT2D eigenvalue weighted by molar-refractivity contribution is 0.139. The highest BCUT2D eigenvalue weighted by Gasteiger charge is 2.24. The van der Waals surface area contributed by atoms with Gasteiger partial charge in [0.1, 0.15) is 18.1 Å². The van der Waals surface area contributed by atoms with Crippen molar-refractivity contribution in [3.63, 3.8) is 0 Å². The van der Waals surface area contributed by atoms with Crippen molar-refractivity contribution in [2.24, 2.45) is 0 Å². The molecule has 4 nitrogen and oxygen atoms in total. The lowest BCUT2D eigenvalue weighted by atomic mass is 10.0. The predicted octanol–water partition coefficient (Wildman–Crippen LogP) is 2.75. The van der Waals surface area contributed by atoms with Gasteiger partial charge in [-0.1, -0.05) is 19.8 Å². The molecule has 2 rings (SSSR count). The van der Waals surface area contributed by atoms with Crippen molar-refractivity contribution in [3.8, 4) is 0 Å². The molecule has 2 heterocycles. The van der Waals surface area contributed by atoms with E-state index in [1.165, 1.54) is 12.8 Å². The quantitative estimate of drug-likeness (QED) is 0.844. The molecule has 6 heteroatoms. The number of unbranched alkanes of at least 4 members (excludes halogenated alkanes) is 1. The molecular formula is C14H26Cl2N2O2. The molecule has 118 valence electrons. The Morgan fingerprint density at radius 3 is 2.55 bits per heavy atom. The molecule has 0 aromatic carbocycles. The van der Waals surface area contributed by atoms with Crippen LogP contribution in [0.1, 0.15) is 43.7 Å². The Kier molecular flexibility index (Phi) is 10.3. The van der Waals surface area contributed by atoms with Crippen molar-refractivity contribution >= 4 is 24.8 Å². The molecule has 0 amide bonds. The van der Waals surface area contributed by atoms with Crippen LogP contribution in [0.3, 0.4) is 0 Å². The van der Waals surface area contributed by atoms with Gasteiger partial charge in [-0.3, -0.25) is 4.90 Å². The molecule has 1 fully saturated rings. The number of nitrogens with one attached hydrogen (secondary N) is 1. The van der Waals surface area contributed by atoms with Gasteiger partial charge in [-0.05, 0) is 18.6 Å². The van der Waals surface area contributed by atoms with Crippen LogP contribution in [0.5, 0.6) is 0 Å². The molecule has 0 spiro atoms. The first-order valence-electron chi connectivity index (χ1n) is 6.99. The van der Waals surface area contributed by atoms with Crippen molar-refractivity contribution in [2.45, 2.75) is 38.8 Å². The third kappa shape index (κ3) is 5.26. The molecule has 0 aliphatic carbocycles. The summed E-state index contributed by atoms with van der Waals surface area (Å²) in [5.74, 6) is 1.68. The standard InChI is InChI=1S/C14H24N2O2.2ClH/c1-2-3-4-13(16-9-7-15-8-10-16)14-6-5-12(11-17)18-14;;/h5-6,13,15,17H,2-4,7-11H2,1H3;2*1H/t13-;;/m0../s1. The molecule has 1 aliphatic rings. The average molecular weight is 325 g/mol. The minimum Gasteiger partial charge on any atom is -0.462 e. The van der Waals surface area contributed by atoms with Crippen molar-refractivity contribution in [1.29, 1.82) is 0 Å². The van der Waals surface area contributed by atoms with Crippen LogP contribution in [-0.2, 0) is 6.61 Å². The van der Waals surface area contributed by atoms with E-state index in [-0.39, 0.29) is 31.4 Å². The molecule has 0 radical (unpaired) electrons. The molecular weight excluding hydrogens is 299 g/mol. The van der Waals surface area contributed by atoms with Gasteiger partial charge in [0.15, 0.2) is 0 Å². The van der Waals surface area contributed by atoms with E-state index in [1.807, 2.05) is 12.1 Å². The summed E-state index contributed by atoms with van der Waals surface area (Å²) >= 11 is 0. The van der Waals surface area contributed by atoms with E-state index in [2.05, 4.69) is 17.1 Å². The summed E-state index contributed by atoms with van der Waals surface area (Å²) in [5.41, 5.74) is 0. The smallest absolute Gasteiger partial charge is 0.129 e. The fourth-order valence-corrected chi connectivity index (χ4v) is 2.55. The highest BCUT2D eigenvalue weighted by Crippen LogP contribution is 2.28. The van der Waals surface area contributed by atoms with Gasteiger partial charge in [0.2, 0.25) is 0 Å². The zero-order valence-electron chi connectivity index (χ0n) is 12.0. The second-order valence-corrected chi connectivity index (χ2v) is 4.91. The van der Waals surface area contributed by atoms with Crippen LogP contribution in [0.25, 0.3) is 0 Å². The number of halogens is 2. The summed E-state index contributed by atoms with van der Waals surface area (Å²) in [4.78, 5) is 2.49. The maximum absolute atomic E-state index is 9.10. The Labute approximate surface area is 133 Å². The van der Waals surface area contributed by atoms with Crippen molar-refractivity contribution < 1.29 is 9.52 Å². The minimum absolute atomic E-state index is 0. The van der Waals surface area contributed by atoms with Crippen molar-refractivity contribution in [2.75, 3.05) is 26.2 Å². The van der Waals surface area contributed by atoms with Crippen LogP contribution < -0.4 is 5.32 Å². The fourth-order valence-electron chi connectivity index (χ4n) is 2.55. The van der Waals surface area contributed by atoms with E-state index in [0.717, 1.165) is 38.4 Å². The zero-order chi connectivity index (χ0) is 12.8. The van der Waals surface area contributed by atoms with Crippen LogP contribution in [-0.4, -0.2) is 36.2 Å². The minimum atomic E-state index is -0.0119. The van der Waals surface area contributed by atoms with E-state index >= 15 is 0 Å².